The van der Waals surface area contributed by atoms with E-state index in [0.717, 1.165) is 18.4 Å². The highest BCUT2D eigenvalue weighted by atomic mass is 19.1. The van der Waals surface area contributed by atoms with Crippen molar-refractivity contribution in [1.29, 1.82) is 5.26 Å². The number of carbonyl (C=O) groups excluding carboxylic acids is 1. The minimum atomic E-state index is -0.577. The Labute approximate surface area is 135 Å². The summed E-state index contributed by atoms with van der Waals surface area (Å²) in [6.07, 6.45) is 1.22. The minimum absolute atomic E-state index is 0.175. The molecule has 5 heteroatoms. The molecule has 1 heterocycles. The number of amides is 1. The monoisotopic (exact) mass is 316 g/mol. The Balaban J connectivity index is 1.90. The van der Waals surface area contributed by atoms with Gasteiger partial charge in [-0.25, -0.2) is 9.18 Å². The van der Waals surface area contributed by atoms with Gasteiger partial charge in [0, 0.05) is 12.5 Å². The van der Waals surface area contributed by atoms with Crippen LogP contribution in [0.3, 0.4) is 0 Å². The van der Waals surface area contributed by atoms with Crippen LogP contribution in [0.15, 0.2) is 24.3 Å². The van der Waals surface area contributed by atoms with Gasteiger partial charge >= 0.3 is 6.09 Å². The summed E-state index contributed by atoms with van der Waals surface area (Å²) in [4.78, 5) is 14.2. The van der Waals surface area contributed by atoms with Crippen LogP contribution in [0.5, 0.6) is 0 Å². The zero-order chi connectivity index (χ0) is 16.8. The molecule has 1 aromatic rings. The molecule has 1 aromatic carbocycles. The Morgan fingerprint density at radius 1 is 1.43 bits per heavy atom. The van der Waals surface area contributed by atoms with Gasteiger partial charge in [0.2, 0.25) is 0 Å². The first-order valence-corrected chi connectivity index (χ1v) is 7.92. The summed E-state index contributed by atoms with van der Waals surface area (Å²) in [6, 6.07) is 8.68. The van der Waals surface area contributed by atoms with Crippen LogP contribution in [-0.4, -0.2) is 28.7 Å². The topological polar surface area (TPSA) is 53.3 Å². The van der Waals surface area contributed by atoms with E-state index in [4.69, 9.17) is 4.74 Å². The Hall–Kier alpha value is -2.09. The number of likely N-dealkylation sites (tertiary alicyclic amines) is 1. The molecule has 1 saturated heterocycles. The lowest BCUT2D eigenvalue weighted by molar-refractivity contribution is 0.0190. The molecule has 122 valence electrons. The molecule has 1 saturated carbocycles. The first-order valence-electron chi connectivity index (χ1n) is 7.92. The Kier molecular flexibility index (Phi) is 3.59. The lowest BCUT2D eigenvalue weighted by Gasteiger charge is -2.29. The number of halogens is 1. The number of rotatable bonds is 1. The summed E-state index contributed by atoms with van der Waals surface area (Å²) in [6.45, 7) is 5.88. The maximum absolute atomic E-state index is 13.5. The molecule has 1 spiro atoms. The molecule has 3 rings (SSSR count). The molecule has 2 aliphatic rings. The van der Waals surface area contributed by atoms with Crippen LogP contribution in [-0.2, 0) is 4.74 Å². The van der Waals surface area contributed by atoms with E-state index in [1.54, 1.807) is 11.0 Å². The average molecular weight is 316 g/mol. The normalized spacial score (nSPS) is 25.3. The molecule has 1 amide bonds. The average Bonchev–Trinajstić information content (AvgIpc) is 3.13. The van der Waals surface area contributed by atoms with Crippen LogP contribution in [0.1, 0.15) is 45.1 Å². The van der Waals surface area contributed by atoms with Gasteiger partial charge in [-0.2, -0.15) is 5.26 Å². The van der Waals surface area contributed by atoms with Crippen LogP contribution in [0.4, 0.5) is 9.18 Å². The first-order chi connectivity index (χ1) is 10.8. The number of benzene rings is 1. The van der Waals surface area contributed by atoms with Crippen molar-refractivity contribution in [2.24, 2.45) is 5.92 Å². The van der Waals surface area contributed by atoms with E-state index in [-0.39, 0.29) is 23.7 Å². The van der Waals surface area contributed by atoms with E-state index in [1.165, 1.54) is 12.1 Å². The van der Waals surface area contributed by atoms with E-state index in [9.17, 15) is 14.4 Å². The highest BCUT2D eigenvalue weighted by Crippen LogP contribution is 2.57. The van der Waals surface area contributed by atoms with Gasteiger partial charge in [-0.15, -0.1) is 0 Å². The van der Waals surface area contributed by atoms with Crippen molar-refractivity contribution < 1.29 is 13.9 Å². The summed E-state index contributed by atoms with van der Waals surface area (Å²) >= 11 is 0. The number of hydrogen-bond acceptors (Lipinski definition) is 3. The molecule has 4 nitrogen and oxygen atoms in total. The molecule has 0 unspecified atom stereocenters. The molecule has 0 bridgehead atoms. The summed E-state index contributed by atoms with van der Waals surface area (Å²) in [5.41, 5.74) is -0.241. The van der Waals surface area contributed by atoms with Gasteiger partial charge < -0.3 is 9.64 Å². The van der Waals surface area contributed by atoms with Crippen molar-refractivity contribution in [1.82, 2.24) is 4.90 Å². The van der Waals surface area contributed by atoms with Crippen LogP contribution in [0.25, 0.3) is 0 Å². The molecular formula is C18H21FN2O2. The highest BCUT2D eigenvalue weighted by molar-refractivity contribution is 5.71. The van der Waals surface area contributed by atoms with Crippen LogP contribution < -0.4 is 0 Å². The largest absolute Gasteiger partial charge is 0.444 e. The standard InChI is InChI=1S/C18H21FN2O2/c1-17(2,3)23-16(22)21-11-14(12-5-4-6-13(19)9-12)15(10-20)18(21)7-8-18/h4-6,9,14-15H,7-8,11H2,1-3H3/t14-,15-/m0/s1. The number of carbonyl (C=O) groups is 1. The maximum Gasteiger partial charge on any atom is 0.410 e. The third kappa shape index (κ3) is 2.78. The summed E-state index contributed by atoms with van der Waals surface area (Å²) in [7, 11) is 0. The quantitative estimate of drug-likeness (QED) is 0.791. The fourth-order valence-corrected chi connectivity index (χ4v) is 3.55. The molecular weight excluding hydrogens is 295 g/mol. The third-order valence-electron chi connectivity index (χ3n) is 4.69. The number of nitriles is 1. The van der Waals surface area contributed by atoms with E-state index < -0.39 is 11.1 Å². The van der Waals surface area contributed by atoms with Crippen LogP contribution >= 0.6 is 0 Å². The van der Waals surface area contributed by atoms with Crippen molar-refractivity contribution in [2.45, 2.75) is 50.7 Å². The molecule has 0 aromatic heterocycles. The molecule has 2 atom stereocenters. The minimum Gasteiger partial charge on any atom is -0.444 e. The first kappa shape index (κ1) is 15.8. The maximum atomic E-state index is 13.5. The number of ether oxygens (including phenoxy) is 1. The van der Waals surface area contributed by atoms with Gasteiger partial charge in [0.15, 0.2) is 0 Å². The van der Waals surface area contributed by atoms with Crippen molar-refractivity contribution in [3.63, 3.8) is 0 Å². The highest BCUT2D eigenvalue weighted by Gasteiger charge is 2.64. The smallest absolute Gasteiger partial charge is 0.410 e. The van der Waals surface area contributed by atoms with E-state index in [1.807, 2.05) is 26.8 Å². The second-order valence-corrected chi connectivity index (χ2v) is 7.46. The molecule has 0 N–H and O–H groups in total. The summed E-state index contributed by atoms with van der Waals surface area (Å²) in [5.74, 6) is -0.817. The fourth-order valence-electron chi connectivity index (χ4n) is 3.55. The Morgan fingerprint density at radius 2 is 2.13 bits per heavy atom. The summed E-state index contributed by atoms with van der Waals surface area (Å²) < 4.78 is 19.1. The van der Waals surface area contributed by atoms with Crippen LogP contribution in [0.2, 0.25) is 0 Å². The Bertz CT molecular complexity index is 670. The molecule has 2 fully saturated rings. The molecule has 1 aliphatic carbocycles. The predicted octanol–water partition coefficient (Wildman–Crippen LogP) is 3.83. The van der Waals surface area contributed by atoms with Crippen molar-refractivity contribution in [3.05, 3.63) is 35.6 Å². The SMILES string of the molecule is CC(C)(C)OC(=O)N1C[C@@H](c2cccc(F)c2)[C@H](C#N)C12CC2. The van der Waals surface area contributed by atoms with Gasteiger partial charge in [-0.05, 0) is 51.3 Å². The molecule has 23 heavy (non-hydrogen) atoms. The molecule has 0 radical (unpaired) electrons. The van der Waals surface area contributed by atoms with Gasteiger partial charge in [0.1, 0.15) is 11.4 Å². The van der Waals surface area contributed by atoms with E-state index in [0.29, 0.717) is 6.54 Å². The number of hydrogen-bond donors (Lipinski definition) is 0. The van der Waals surface area contributed by atoms with Crippen LogP contribution in [0, 0.1) is 23.1 Å². The second-order valence-electron chi connectivity index (χ2n) is 7.46. The lowest BCUT2D eigenvalue weighted by Crippen LogP contribution is -2.42. The zero-order valence-corrected chi connectivity index (χ0v) is 13.7. The molecule has 1 aliphatic heterocycles. The number of nitrogens with zero attached hydrogens (tertiary/aromatic N) is 2. The van der Waals surface area contributed by atoms with Crippen molar-refractivity contribution in [2.75, 3.05) is 6.54 Å². The van der Waals surface area contributed by atoms with Gasteiger partial charge in [0.05, 0.1) is 17.5 Å². The predicted molar refractivity (Wildman–Crippen MR) is 83.1 cm³/mol. The van der Waals surface area contributed by atoms with E-state index in [2.05, 4.69) is 6.07 Å². The third-order valence-corrected chi connectivity index (χ3v) is 4.69. The van der Waals surface area contributed by atoms with Crippen molar-refractivity contribution >= 4 is 6.09 Å². The fraction of sp³-hybridized carbons (Fsp3) is 0.556. The van der Waals surface area contributed by atoms with Gasteiger partial charge in [0.25, 0.3) is 0 Å². The van der Waals surface area contributed by atoms with Gasteiger partial charge in [-0.3, -0.25) is 0 Å². The second kappa shape index (κ2) is 5.23. The summed E-state index contributed by atoms with van der Waals surface area (Å²) in [5, 5.41) is 9.65. The lowest BCUT2D eigenvalue weighted by atomic mass is 9.85. The van der Waals surface area contributed by atoms with Gasteiger partial charge in [-0.1, -0.05) is 12.1 Å². The van der Waals surface area contributed by atoms with E-state index >= 15 is 0 Å². The Morgan fingerprint density at radius 3 is 2.65 bits per heavy atom. The van der Waals surface area contributed by atoms with Crippen molar-refractivity contribution in [3.8, 4) is 6.07 Å². The zero-order valence-electron chi connectivity index (χ0n) is 13.7.